The minimum atomic E-state index is -0.316. The molecule has 0 aromatic heterocycles. The van der Waals surface area contributed by atoms with Crippen LogP contribution in [0.15, 0.2) is 47.6 Å². The number of nitrogens with zero attached hydrogens (tertiary/aromatic N) is 1. The third kappa shape index (κ3) is 5.86. The Hall–Kier alpha value is -3.26. The van der Waals surface area contributed by atoms with Gasteiger partial charge in [0.15, 0.2) is 11.5 Å². The standard InChI is InChI=1S/C21H27N5O3/c1-4-28-19-11-17(12-22-25-20-15(3)24-26-21(27)23-20)9-10-18(19)29-13-16-7-5-14(2)6-8-16/h5-12,15,20,24-25H,4,13H2,1-3H3,(H2,23,26,27)/b22-12+. The maximum Gasteiger partial charge on any atom is 0.330 e. The Morgan fingerprint density at radius 2 is 1.93 bits per heavy atom. The van der Waals surface area contributed by atoms with Gasteiger partial charge in [-0.05, 0) is 50.1 Å². The van der Waals surface area contributed by atoms with Crippen molar-refractivity contribution < 1.29 is 14.3 Å². The summed E-state index contributed by atoms with van der Waals surface area (Å²) in [5.74, 6) is 1.34. The Morgan fingerprint density at radius 3 is 2.69 bits per heavy atom. The molecule has 2 aromatic rings. The third-order valence-electron chi connectivity index (χ3n) is 4.41. The third-order valence-corrected chi connectivity index (χ3v) is 4.41. The van der Waals surface area contributed by atoms with E-state index in [0.717, 1.165) is 11.1 Å². The van der Waals surface area contributed by atoms with E-state index in [1.165, 1.54) is 5.56 Å². The van der Waals surface area contributed by atoms with Gasteiger partial charge in [0.05, 0.1) is 18.9 Å². The highest BCUT2D eigenvalue weighted by Gasteiger charge is 2.23. The number of carbonyl (C=O) groups excluding carboxylic acids is 1. The van der Waals surface area contributed by atoms with Gasteiger partial charge in [0, 0.05) is 0 Å². The average Bonchev–Trinajstić information content (AvgIpc) is 2.71. The smallest absolute Gasteiger partial charge is 0.330 e. The van der Waals surface area contributed by atoms with Gasteiger partial charge in [-0.25, -0.2) is 10.2 Å². The molecule has 1 heterocycles. The minimum Gasteiger partial charge on any atom is -0.490 e. The number of urea groups is 1. The van der Waals surface area contributed by atoms with Crippen LogP contribution in [0.25, 0.3) is 0 Å². The molecule has 1 aliphatic heterocycles. The maximum absolute atomic E-state index is 11.4. The highest BCUT2D eigenvalue weighted by atomic mass is 16.5. The second-order valence-corrected chi connectivity index (χ2v) is 6.81. The van der Waals surface area contributed by atoms with Crippen LogP contribution in [0, 0.1) is 6.92 Å². The highest BCUT2D eigenvalue weighted by molar-refractivity contribution is 5.80. The largest absolute Gasteiger partial charge is 0.490 e. The molecule has 2 aromatic carbocycles. The fourth-order valence-corrected chi connectivity index (χ4v) is 2.74. The molecule has 2 unspecified atom stereocenters. The van der Waals surface area contributed by atoms with Crippen molar-refractivity contribution in [1.82, 2.24) is 21.6 Å². The molecule has 3 rings (SSSR count). The van der Waals surface area contributed by atoms with Gasteiger partial charge >= 0.3 is 6.03 Å². The first-order valence-corrected chi connectivity index (χ1v) is 9.61. The van der Waals surface area contributed by atoms with Gasteiger partial charge in [0.1, 0.15) is 12.8 Å². The number of hydrogen-bond acceptors (Lipinski definition) is 6. The van der Waals surface area contributed by atoms with E-state index in [1.54, 1.807) is 6.21 Å². The first-order valence-electron chi connectivity index (χ1n) is 9.61. The number of nitrogens with one attached hydrogen (secondary N) is 4. The second kappa shape index (κ2) is 9.79. The molecule has 0 saturated carbocycles. The van der Waals surface area contributed by atoms with Crippen molar-refractivity contribution in [3.05, 3.63) is 59.2 Å². The van der Waals surface area contributed by atoms with Gasteiger partial charge < -0.3 is 14.8 Å². The fourth-order valence-electron chi connectivity index (χ4n) is 2.74. The molecule has 1 aliphatic rings. The summed E-state index contributed by atoms with van der Waals surface area (Å²) in [5, 5.41) is 6.98. The van der Waals surface area contributed by atoms with Crippen LogP contribution >= 0.6 is 0 Å². The van der Waals surface area contributed by atoms with E-state index in [2.05, 4.69) is 57.9 Å². The first kappa shape index (κ1) is 20.5. The number of hydrazone groups is 1. The van der Waals surface area contributed by atoms with Crippen LogP contribution in [-0.2, 0) is 6.61 Å². The van der Waals surface area contributed by atoms with E-state index in [9.17, 15) is 4.79 Å². The Kier molecular flexibility index (Phi) is 6.91. The van der Waals surface area contributed by atoms with Crippen molar-refractivity contribution in [3.8, 4) is 11.5 Å². The SMILES string of the molecule is CCOc1cc(/C=N/NC2NC(=O)NNC2C)ccc1OCc1ccc(C)cc1. The van der Waals surface area contributed by atoms with Crippen molar-refractivity contribution in [3.63, 3.8) is 0 Å². The summed E-state index contributed by atoms with van der Waals surface area (Å²) >= 11 is 0. The van der Waals surface area contributed by atoms with E-state index in [1.807, 2.05) is 32.0 Å². The van der Waals surface area contributed by atoms with E-state index >= 15 is 0 Å². The number of rotatable bonds is 8. The quantitative estimate of drug-likeness (QED) is 0.405. The molecule has 2 atom stereocenters. The van der Waals surface area contributed by atoms with Gasteiger partial charge in [-0.2, -0.15) is 5.10 Å². The van der Waals surface area contributed by atoms with Crippen LogP contribution in [0.1, 0.15) is 30.5 Å². The zero-order valence-electron chi connectivity index (χ0n) is 16.9. The van der Waals surface area contributed by atoms with Crippen LogP contribution in [0.5, 0.6) is 11.5 Å². The molecule has 0 aliphatic carbocycles. The van der Waals surface area contributed by atoms with E-state index < -0.39 is 0 Å². The predicted octanol–water partition coefficient (Wildman–Crippen LogP) is 2.43. The first-order chi connectivity index (χ1) is 14.0. The maximum atomic E-state index is 11.4. The zero-order chi connectivity index (χ0) is 20.6. The predicted molar refractivity (Wildman–Crippen MR) is 112 cm³/mol. The molecular weight excluding hydrogens is 370 g/mol. The Labute approximate surface area is 170 Å². The molecule has 1 fully saturated rings. The van der Waals surface area contributed by atoms with Crippen LogP contribution in [0.2, 0.25) is 0 Å². The van der Waals surface area contributed by atoms with Crippen LogP contribution in [-0.4, -0.2) is 31.1 Å². The lowest BCUT2D eigenvalue weighted by atomic mass is 10.2. The van der Waals surface area contributed by atoms with E-state index in [4.69, 9.17) is 9.47 Å². The summed E-state index contributed by atoms with van der Waals surface area (Å²) < 4.78 is 11.7. The molecule has 1 saturated heterocycles. The number of hydrogen-bond donors (Lipinski definition) is 4. The monoisotopic (exact) mass is 397 g/mol. The summed E-state index contributed by atoms with van der Waals surface area (Å²) in [6.45, 7) is 6.91. The highest BCUT2D eigenvalue weighted by Crippen LogP contribution is 2.29. The number of hydrazine groups is 1. The summed E-state index contributed by atoms with van der Waals surface area (Å²) in [5.41, 5.74) is 11.5. The molecule has 154 valence electrons. The molecule has 8 nitrogen and oxygen atoms in total. The van der Waals surface area contributed by atoms with Crippen molar-refractivity contribution in [1.29, 1.82) is 0 Å². The average molecular weight is 397 g/mol. The molecule has 0 bridgehead atoms. The van der Waals surface area contributed by atoms with E-state index in [0.29, 0.717) is 24.7 Å². The summed E-state index contributed by atoms with van der Waals surface area (Å²) in [7, 11) is 0. The van der Waals surface area contributed by atoms with E-state index in [-0.39, 0.29) is 18.2 Å². The molecule has 8 heteroatoms. The van der Waals surface area contributed by atoms with Crippen LogP contribution in [0.3, 0.4) is 0 Å². The number of amides is 2. The van der Waals surface area contributed by atoms with Crippen LogP contribution in [0.4, 0.5) is 4.79 Å². The van der Waals surface area contributed by atoms with Gasteiger partial charge in [0.25, 0.3) is 0 Å². The topological polar surface area (TPSA) is 96.0 Å². The van der Waals surface area contributed by atoms with Crippen molar-refractivity contribution in [2.45, 2.75) is 39.6 Å². The lowest BCUT2D eigenvalue weighted by molar-refractivity contribution is 0.202. The van der Waals surface area contributed by atoms with Gasteiger partial charge in [-0.15, -0.1) is 0 Å². The minimum absolute atomic E-state index is 0.0265. The van der Waals surface area contributed by atoms with Crippen LogP contribution < -0.4 is 31.1 Å². The Bertz CT molecular complexity index is 854. The summed E-state index contributed by atoms with van der Waals surface area (Å²) in [4.78, 5) is 11.4. The number of carbonyl (C=O) groups is 1. The van der Waals surface area contributed by atoms with Crippen molar-refractivity contribution >= 4 is 12.2 Å². The fraction of sp³-hybridized carbons (Fsp3) is 0.333. The molecule has 4 N–H and O–H groups in total. The molecule has 0 radical (unpaired) electrons. The number of ether oxygens (including phenoxy) is 2. The lowest BCUT2D eigenvalue weighted by Gasteiger charge is -2.30. The molecule has 29 heavy (non-hydrogen) atoms. The zero-order valence-corrected chi connectivity index (χ0v) is 16.9. The Balaban J connectivity index is 1.63. The van der Waals surface area contributed by atoms with Gasteiger partial charge in [0.2, 0.25) is 0 Å². The van der Waals surface area contributed by atoms with Crippen molar-refractivity contribution in [2.24, 2.45) is 5.10 Å². The number of benzene rings is 2. The molecule has 0 spiro atoms. The molecule has 2 amide bonds. The van der Waals surface area contributed by atoms with Gasteiger partial charge in [-0.1, -0.05) is 29.8 Å². The Morgan fingerprint density at radius 1 is 1.14 bits per heavy atom. The van der Waals surface area contributed by atoms with Crippen molar-refractivity contribution in [2.75, 3.05) is 6.61 Å². The summed E-state index contributed by atoms with van der Waals surface area (Å²) in [6, 6.07) is 13.6. The second-order valence-electron chi connectivity index (χ2n) is 6.81. The number of aryl methyl sites for hydroxylation is 1. The molecular formula is C21H27N5O3. The normalized spacial score (nSPS) is 18.8. The lowest BCUT2D eigenvalue weighted by Crippen LogP contribution is -2.67. The van der Waals surface area contributed by atoms with Gasteiger partial charge in [-0.3, -0.25) is 10.9 Å². The summed E-state index contributed by atoms with van der Waals surface area (Å²) in [6.07, 6.45) is 1.36.